The molecule has 0 spiro atoms. The van der Waals surface area contributed by atoms with Crippen molar-refractivity contribution in [1.82, 2.24) is 40.9 Å². The molecule has 26 heavy (non-hydrogen) atoms. The fourth-order valence-corrected chi connectivity index (χ4v) is 2.90. The molecule has 1 aliphatic rings. The topological polar surface area (TPSA) is 116 Å². The number of aromatic amines is 2. The van der Waals surface area contributed by atoms with Crippen molar-refractivity contribution >= 4 is 5.91 Å². The summed E-state index contributed by atoms with van der Waals surface area (Å²) in [5, 5.41) is 24.9. The van der Waals surface area contributed by atoms with Gasteiger partial charge >= 0.3 is 0 Å². The molecule has 0 bridgehead atoms. The van der Waals surface area contributed by atoms with Gasteiger partial charge in [0.15, 0.2) is 5.69 Å². The van der Waals surface area contributed by atoms with Crippen LogP contribution >= 0.6 is 0 Å². The molecule has 9 nitrogen and oxygen atoms in total. The molecule has 2 heterocycles. The molecule has 1 fully saturated rings. The molecule has 1 aromatic carbocycles. The Morgan fingerprint density at radius 3 is 2.54 bits per heavy atom. The van der Waals surface area contributed by atoms with Crippen LogP contribution in [0.1, 0.15) is 54.4 Å². The summed E-state index contributed by atoms with van der Waals surface area (Å²) in [6.45, 7) is 4.50. The number of rotatable bonds is 6. The number of hydrogen-bond donors (Lipinski definition) is 2. The highest BCUT2D eigenvalue weighted by molar-refractivity contribution is 5.93. The molecular weight excluding hydrogens is 332 g/mol. The van der Waals surface area contributed by atoms with Gasteiger partial charge in [-0.05, 0) is 37.5 Å². The van der Waals surface area contributed by atoms with Crippen LogP contribution in [0.2, 0.25) is 0 Å². The number of tetrazole rings is 1. The van der Waals surface area contributed by atoms with Gasteiger partial charge in [-0.3, -0.25) is 4.79 Å². The highest BCUT2D eigenvalue weighted by Crippen LogP contribution is 2.40. The molecule has 0 aliphatic heterocycles. The predicted molar refractivity (Wildman–Crippen MR) is 93.0 cm³/mol. The van der Waals surface area contributed by atoms with Crippen LogP contribution in [-0.2, 0) is 6.54 Å². The summed E-state index contributed by atoms with van der Waals surface area (Å²) in [4.78, 5) is 14.8. The van der Waals surface area contributed by atoms with E-state index >= 15 is 0 Å². The Bertz CT molecular complexity index is 880. The van der Waals surface area contributed by atoms with Gasteiger partial charge in [0.25, 0.3) is 5.91 Å². The summed E-state index contributed by atoms with van der Waals surface area (Å²) in [6, 6.07) is 7.84. The van der Waals surface area contributed by atoms with Gasteiger partial charge in [-0.15, -0.1) is 10.2 Å². The van der Waals surface area contributed by atoms with Crippen molar-refractivity contribution in [3.63, 3.8) is 0 Å². The summed E-state index contributed by atoms with van der Waals surface area (Å²) < 4.78 is 0. The van der Waals surface area contributed by atoms with Crippen molar-refractivity contribution in [2.45, 2.75) is 45.2 Å². The number of carbonyl (C=O) groups excluding carboxylic acids is 1. The van der Waals surface area contributed by atoms with Crippen LogP contribution in [0.4, 0.5) is 0 Å². The predicted octanol–water partition coefficient (Wildman–Crippen LogP) is 1.91. The van der Waals surface area contributed by atoms with Crippen LogP contribution in [0.15, 0.2) is 24.3 Å². The molecular formula is C17H20N8O. The van der Waals surface area contributed by atoms with Gasteiger partial charge in [-0.1, -0.05) is 24.3 Å². The van der Waals surface area contributed by atoms with E-state index in [0.717, 1.165) is 29.7 Å². The molecule has 9 heteroatoms. The highest BCUT2D eigenvalue weighted by Gasteiger charge is 2.34. The normalized spacial score (nSPS) is 14.0. The first-order valence-corrected chi connectivity index (χ1v) is 8.68. The average molecular weight is 352 g/mol. The SMILES string of the molecule is CC(C)N(Cc1ccc(-c2nn[nH]n2)cc1)C(=O)c1n[nH]nc1C1CC1. The number of aromatic nitrogens is 7. The van der Waals surface area contributed by atoms with Crippen LogP contribution in [0.5, 0.6) is 0 Å². The van der Waals surface area contributed by atoms with E-state index in [2.05, 4.69) is 36.0 Å². The maximum Gasteiger partial charge on any atom is 0.276 e. The molecule has 134 valence electrons. The lowest BCUT2D eigenvalue weighted by atomic mass is 10.1. The van der Waals surface area contributed by atoms with Crippen LogP contribution in [-0.4, -0.2) is 52.9 Å². The van der Waals surface area contributed by atoms with Crippen molar-refractivity contribution in [1.29, 1.82) is 0 Å². The monoisotopic (exact) mass is 352 g/mol. The second kappa shape index (κ2) is 6.66. The van der Waals surface area contributed by atoms with Crippen LogP contribution in [0.3, 0.4) is 0 Å². The lowest BCUT2D eigenvalue weighted by molar-refractivity contribution is 0.0683. The first-order valence-electron chi connectivity index (χ1n) is 8.68. The third kappa shape index (κ3) is 3.19. The summed E-state index contributed by atoms with van der Waals surface area (Å²) in [5.74, 6) is 0.832. The molecule has 0 unspecified atom stereocenters. The summed E-state index contributed by atoms with van der Waals surface area (Å²) in [7, 11) is 0. The fraction of sp³-hybridized carbons (Fsp3) is 0.412. The maximum absolute atomic E-state index is 13.0. The Morgan fingerprint density at radius 2 is 1.92 bits per heavy atom. The third-order valence-electron chi connectivity index (χ3n) is 4.54. The zero-order valence-corrected chi connectivity index (χ0v) is 14.7. The van der Waals surface area contributed by atoms with Gasteiger partial charge in [-0.2, -0.15) is 20.6 Å². The van der Waals surface area contributed by atoms with Crippen LogP contribution in [0, 0.1) is 0 Å². The molecule has 2 N–H and O–H groups in total. The van der Waals surface area contributed by atoms with Gasteiger partial charge < -0.3 is 4.90 Å². The maximum atomic E-state index is 13.0. The molecule has 3 aromatic rings. The Kier molecular flexibility index (Phi) is 4.19. The average Bonchev–Trinajstić information content (AvgIpc) is 3.13. The largest absolute Gasteiger partial charge is 0.330 e. The Morgan fingerprint density at radius 1 is 1.15 bits per heavy atom. The van der Waals surface area contributed by atoms with Crippen LogP contribution < -0.4 is 0 Å². The van der Waals surface area contributed by atoms with E-state index in [1.54, 1.807) is 0 Å². The number of amides is 1. The minimum atomic E-state index is -0.0853. The molecule has 0 saturated heterocycles. The minimum absolute atomic E-state index is 0.0446. The number of H-pyrrole nitrogens is 2. The Hall–Kier alpha value is -3.10. The van der Waals surface area contributed by atoms with Crippen molar-refractivity contribution in [3.8, 4) is 11.4 Å². The van der Waals surface area contributed by atoms with E-state index < -0.39 is 0 Å². The van der Waals surface area contributed by atoms with E-state index in [1.807, 2.05) is 43.0 Å². The van der Waals surface area contributed by atoms with Crippen molar-refractivity contribution in [2.24, 2.45) is 0 Å². The van der Waals surface area contributed by atoms with Crippen molar-refractivity contribution in [2.75, 3.05) is 0 Å². The van der Waals surface area contributed by atoms with E-state index in [1.165, 1.54) is 0 Å². The zero-order chi connectivity index (χ0) is 18.1. The van der Waals surface area contributed by atoms with E-state index in [0.29, 0.717) is 24.0 Å². The molecule has 0 radical (unpaired) electrons. The van der Waals surface area contributed by atoms with Crippen molar-refractivity contribution < 1.29 is 4.79 Å². The van der Waals surface area contributed by atoms with Gasteiger partial charge in [0.2, 0.25) is 5.82 Å². The molecule has 0 atom stereocenters. The van der Waals surface area contributed by atoms with Crippen LogP contribution in [0.25, 0.3) is 11.4 Å². The van der Waals surface area contributed by atoms with Gasteiger partial charge in [0.1, 0.15) is 0 Å². The lowest BCUT2D eigenvalue weighted by Crippen LogP contribution is -2.37. The Balaban J connectivity index is 1.53. The smallest absolute Gasteiger partial charge is 0.276 e. The van der Waals surface area contributed by atoms with E-state index in [4.69, 9.17) is 0 Å². The zero-order valence-electron chi connectivity index (χ0n) is 14.7. The fourth-order valence-electron chi connectivity index (χ4n) is 2.90. The van der Waals surface area contributed by atoms with E-state index in [-0.39, 0.29) is 11.9 Å². The Labute approximate surface area is 150 Å². The lowest BCUT2D eigenvalue weighted by Gasteiger charge is -2.26. The number of nitrogens with one attached hydrogen (secondary N) is 2. The minimum Gasteiger partial charge on any atom is -0.330 e. The molecule has 1 aliphatic carbocycles. The first-order chi connectivity index (χ1) is 12.6. The number of carbonyl (C=O) groups is 1. The third-order valence-corrected chi connectivity index (χ3v) is 4.54. The second-order valence-corrected chi connectivity index (χ2v) is 6.79. The van der Waals surface area contributed by atoms with Crippen molar-refractivity contribution in [3.05, 3.63) is 41.2 Å². The molecule has 1 amide bonds. The summed E-state index contributed by atoms with van der Waals surface area (Å²) in [5.41, 5.74) is 3.14. The number of hydrogen-bond acceptors (Lipinski definition) is 6. The van der Waals surface area contributed by atoms with E-state index in [9.17, 15) is 4.79 Å². The van der Waals surface area contributed by atoms with Gasteiger partial charge in [0, 0.05) is 24.1 Å². The quantitative estimate of drug-likeness (QED) is 0.700. The second-order valence-electron chi connectivity index (χ2n) is 6.79. The first kappa shape index (κ1) is 16.4. The summed E-state index contributed by atoms with van der Waals surface area (Å²) in [6.07, 6.45) is 2.15. The standard InChI is InChI=1S/C17H20N8O/c1-10(2)25(17(26)15-14(12-7-8-12)18-22-19-15)9-11-3-5-13(6-4-11)16-20-23-24-21-16/h3-6,10,12H,7-9H2,1-2H3,(H,18,19,22)(H,20,21,23,24). The molecule has 1 saturated carbocycles. The van der Waals surface area contributed by atoms with Gasteiger partial charge in [0.05, 0.1) is 5.69 Å². The molecule has 4 rings (SSSR count). The number of benzene rings is 1. The highest BCUT2D eigenvalue weighted by atomic mass is 16.2. The number of nitrogens with zero attached hydrogens (tertiary/aromatic N) is 6. The van der Waals surface area contributed by atoms with Gasteiger partial charge in [-0.25, -0.2) is 0 Å². The molecule has 2 aromatic heterocycles. The summed E-state index contributed by atoms with van der Waals surface area (Å²) >= 11 is 0.